The molecule has 6 heteroatoms. The second-order valence-corrected chi connectivity index (χ2v) is 5.72. The summed E-state index contributed by atoms with van der Waals surface area (Å²) in [7, 11) is 0. The Balaban J connectivity index is 1.84. The van der Waals surface area contributed by atoms with E-state index in [1.807, 2.05) is 18.2 Å². The monoisotopic (exact) mass is 325 g/mol. The van der Waals surface area contributed by atoms with Gasteiger partial charge in [0.15, 0.2) is 5.69 Å². The number of carbonyl (C=O) groups is 2. The molecular weight excluding hydrogens is 306 g/mol. The summed E-state index contributed by atoms with van der Waals surface area (Å²) in [6, 6.07) is 10.6. The molecule has 1 atom stereocenters. The van der Waals surface area contributed by atoms with E-state index in [1.165, 1.54) is 12.3 Å². The van der Waals surface area contributed by atoms with Crippen molar-refractivity contribution in [2.24, 2.45) is 0 Å². The molecule has 3 rings (SSSR count). The molecule has 0 bridgehead atoms. The van der Waals surface area contributed by atoms with Crippen molar-refractivity contribution >= 4 is 11.9 Å². The summed E-state index contributed by atoms with van der Waals surface area (Å²) >= 11 is 0. The van der Waals surface area contributed by atoms with Gasteiger partial charge in [-0.3, -0.25) is 4.79 Å². The van der Waals surface area contributed by atoms with Crippen molar-refractivity contribution in [3.8, 4) is 0 Å². The summed E-state index contributed by atoms with van der Waals surface area (Å²) in [6.45, 7) is 3.10. The average molecular weight is 325 g/mol. The smallest absolute Gasteiger partial charge is 0.358 e. The zero-order chi connectivity index (χ0) is 16.9. The molecule has 0 aliphatic carbocycles. The van der Waals surface area contributed by atoms with Crippen molar-refractivity contribution in [3.63, 3.8) is 0 Å². The fourth-order valence-corrected chi connectivity index (χ4v) is 2.73. The lowest BCUT2D eigenvalue weighted by Crippen LogP contribution is -2.35. The maximum atomic E-state index is 12.8. The molecule has 0 saturated carbocycles. The zero-order valence-corrected chi connectivity index (χ0v) is 13.5. The minimum Gasteiger partial charge on any atom is -0.443 e. The molecule has 1 saturated heterocycles. The standard InChI is InChI=1S/C18H19N3O3/c1-13-19-10-9-15(20-13)18(23)24-16(14-7-3-2-4-8-14)17(22)21-11-5-6-12-21/h2-4,7-10,16H,5-6,11-12H2,1H3/t16-/m0/s1. The van der Waals surface area contributed by atoms with Crippen LogP contribution < -0.4 is 0 Å². The molecular formula is C18H19N3O3. The molecule has 1 fully saturated rings. The van der Waals surface area contributed by atoms with Gasteiger partial charge in [0.1, 0.15) is 5.82 Å². The SMILES string of the molecule is Cc1nccc(C(=O)O[C@H](C(=O)N2CCCC2)c2ccccc2)n1. The Morgan fingerprint density at radius 1 is 1.12 bits per heavy atom. The molecule has 1 aromatic heterocycles. The van der Waals surface area contributed by atoms with E-state index in [1.54, 1.807) is 24.0 Å². The maximum Gasteiger partial charge on any atom is 0.358 e. The summed E-state index contributed by atoms with van der Waals surface area (Å²) in [5.74, 6) is -0.327. The highest BCUT2D eigenvalue weighted by Gasteiger charge is 2.31. The lowest BCUT2D eigenvalue weighted by atomic mass is 10.1. The van der Waals surface area contributed by atoms with Gasteiger partial charge in [-0.2, -0.15) is 0 Å². The lowest BCUT2D eigenvalue weighted by Gasteiger charge is -2.23. The van der Waals surface area contributed by atoms with Gasteiger partial charge in [0, 0.05) is 24.8 Å². The maximum absolute atomic E-state index is 12.8. The van der Waals surface area contributed by atoms with Gasteiger partial charge in [0.25, 0.3) is 5.91 Å². The third-order valence-electron chi connectivity index (χ3n) is 3.95. The van der Waals surface area contributed by atoms with Gasteiger partial charge < -0.3 is 9.64 Å². The van der Waals surface area contributed by atoms with Crippen LogP contribution in [-0.4, -0.2) is 39.8 Å². The van der Waals surface area contributed by atoms with Gasteiger partial charge >= 0.3 is 5.97 Å². The van der Waals surface area contributed by atoms with Crippen LogP contribution in [0.1, 0.15) is 40.8 Å². The van der Waals surface area contributed by atoms with Crippen LogP contribution in [0.3, 0.4) is 0 Å². The quantitative estimate of drug-likeness (QED) is 0.807. The Morgan fingerprint density at radius 3 is 2.50 bits per heavy atom. The van der Waals surface area contributed by atoms with Crippen molar-refractivity contribution < 1.29 is 14.3 Å². The van der Waals surface area contributed by atoms with E-state index < -0.39 is 12.1 Å². The fourth-order valence-electron chi connectivity index (χ4n) is 2.73. The number of amides is 1. The number of aryl methyl sites for hydroxylation is 1. The summed E-state index contributed by atoms with van der Waals surface area (Å²) in [6.07, 6.45) is 2.50. The summed E-state index contributed by atoms with van der Waals surface area (Å²) in [4.78, 5) is 35.0. The van der Waals surface area contributed by atoms with Crippen molar-refractivity contribution in [2.75, 3.05) is 13.1 Å². The highest BCUT2D eigenvalue weighted by molar-refractivity contribution is 5.91. The average Bonchev–Trinajstić information content (AvgIpc) is 3.14. The van der Waals surface area contributed by atoms with E-state index >= 15 is 0 Å². The summed E-state index contributed by atoms with van der Waals surface area (Å²) in [5.41, 5.74) is 0.811. The Labute approximate surface area is 140 Å². The first kappa shape index (κ1) is 16.1. The van der Waals surface area contributed by atoms with Crippen molar-refractivity contribution in [2.45, 2.75) is 25.9 Å². The molecule has 1 amide bonds. The minimum absolute atomic E-state index is 0.151. The van der Waals surface area contributed by atoms with Crippen LogP contribution in [0.5, 0.6) is 0 Å². The third kappa shape index (κ3) is 3.59. The Morgan fingerprint density at radius 2 is 1.83 bits per heavy atom. The first-order valence-electron chi connectivity index (χ1n) is 7.99. The topological polar surface area (TPSA) is 72.4 Å². The van der Waals surface area contributed by atoms with Gasteiger partial charge in [0.2, 0.25) is 6.10 Å². The van der Waals surface area contributed by atoms with Crippen LogP contribution >= 0.6 is 0 Å². The van der Waals surface area contributed by atoms with Crippen LogP contribution in [0.4, 0.5) is 0 Å². The van der Waals surface area contributed by atoms with Crippen LogP contribution in [0.2, 0.25) is 0 Å². The molecule has 0 N–H and O–H groups in total. The van der Waals surface area contributed by atoms with Crippen LogP contribution in [-0.2, 0) is 9.53 Å². The van der Waals surface area contributed by atoms with Crippen LogP contribution in [0.15, 0.2) is 42.6 Å². The predicted octanol–water partition coefficient (Wildman–Crippen LogP) is 2.31. The molecule has 2 heterocycles. The van der Waals surface area contributed by atoms with Crippen LogP contribution in [0, 0.1) is 6.92 Å². The van der Waals surface area contributed by atoms with E-state index in [0.29, 0.717) is 24.5 Å². The van der Waals surface area contributed by atoms with Gasteiger partial charge in [-0.05, 0) is 25.8 Å². The molecule has 2 aromatic rings. The first-order chi connectivity index (χ1) is 11.6. The molecule has 0 radical (unpaired) electrons. The number of hydrogen-bond donors (Lipinski definition) is 0. The number of carbonyl (C=O) groups excluding carboxylic acids is 2. The predicted molar refractivity (Wildman–Crippen MR) is 87.2 cm³/mol. The third-order valence-corrected chi connectivity index (χ3v) is 3.95. The molecule has 0 spiro atoms. The first-order valence-corrected chi connectivity index (χ1v) is 7.99. The highest BCUT2D eigenvalue weighted by Crippen LogP contribution is 2.23. The molecule has 1 aliphatic heterocycles. The molecule has 6 nitrogen and oxygen atoms in total. The highest BCUT2D eigenvalue weighted by atomic mass is 16.5. The summed E-state index contributed by atoms with van der Waals surface area (Å²) in [5, 5.41) is 0. The van der Waals surface area contributed by atoms with Crippen molar-refractivity contribution in [3.05, 3.63) is 59.7 Å². The Kier molecular flexibility index (Phi) is 4.84. The molecule has 0 unspecified atom stereocenters. The summed E-state index contributed by atoms with van der Waals surface area (Å²) < 4.78 is 5.53. The fraction of sp³-hybridized carbons (Fsp3) is 0.333. The number of ether oxygens (including phenoxy) is 1. The number of nitrogens with zero attached hydrogens (tertiary/aromatic N) is 3. The van der Waals surface area contributed by atoms with E-state index in [4.69, 9.17) is 4.74 Å². The minimum atomic E-state index is -0.952. The number of esters is 1. The Hall–Kier alpha value is -2.76. The number of benzene rings is 1. The van der Waals surface area contributed by atoms with Crippen molar-refractivity contribution in [1.29, 1.82) is 0 Å². The van der Waals surface area contributed by atoms with Gasteiger partial charge in [-0.1, -0.05) is 30.3 Å². The number of rotatable bonds is 4. The second-order valence-electron chi connectivity index (χ2n) is 5.72. The largest absolute Gasteiger partial charge is 0.443 e. The van der Waals surface area contributed by atoms with Gasteiger partial charge in [-0.15, -0.1) is 0 Å². The lowest BCUT2D eigenvalue weighted by molar-refractivity contribution is -0.140. The number of likely N-dealkylation sites (tertiary alicyclic amines) is 1. The van der Waals surface area contributed by atoms with Gasteiger partial charge in [-0.25, -0.2) is 14.8 Å². The van der Waals surface area contributed by atoms with E-state index in [-0.39, 0.29) is 11.6 Å². The normalized spacial score (nSPS) is 15.1. The van der Waals surface area contributed by atoms with Crippen LogP contribution in [0.25, 0.3) is 0 Å². The van der Waals surface area contributed by atoms with Gasteiger partial charge in [0.05, 0.1) is 0 Å². The number of aromatic nitrogens is 2. The molecule has 124 valence electrons. The van der Waals surface area contributed by atoms with Crippen molar-refractivity contribution in [1.82, 2.24) is 14.9 Å². The number of hydrogen-bond acceptors (Lipinski definition) is 5. The van der Waals surface area contributed by atoms with E-state index in [2.05, 4.69) is 9.97 Å². The zero-order valence-electron chi connectivity index (χ0n) is 13.5. The van der Waals surface area contributed by atoms with E-state index in [0.717, 1.165) is 12.8 Å². The molecule has 1 aromatic carbocycles. The molecule has 24 heavy (non-hydrogen) atoms. The van der Waals surface area contributed by atoms with E-state index in [9.17, 15) is 9.59 Å². The molecule has 1 aliphatic rings. The second kappa shape index (κ2) is 7.21. The Bertz CT molecular complexity index is 727.